The maximum Gasteiger partial charge on any atom is 0.0280 e. The molecule has 0 amide bonds. The average molecular weight is 273 g/mol. The van der Waals surface area contributed by atoms with Gasteiger partial charge in [-0.1, -0.05) is 45.9 Å². The fraction of sp³-hybridized carbons (Fsp3) is 0.412. The molecule has 102 valence electrons. The topological polar surface area (TPSA) is 26.0 Å². The van der Waals surface area contributed by atoms with Crippen LogP contribution in [-0.2, 0) is 6.54 Å². The Hall–Kier alpha value is -1.12. The first kappa shape index (κ1) is 14.3. The molecule has 1 nitrogen and oxygen atoms in total. The summed E-state index contributed by atoms with van der Waals surface area (Å²) < 4.78 is 0. The van der Waals surface area contributed by atoms with Crippen molar-refractivity contribution in [3.05, 3.63) is 45.6 Å². The van der Waals surface area contributed by atoms with Crippen molar-refractivity contribution in [3.8, 4) is 11.1 Å². The van der Waals surface area contributed by atoms with Crippen molar-refractivity contribution in [1.82, 2.24) is 0 Å². The van der Waals surface area contributed by atoms with Crippen LogP contribution in [0, 0.1) is 0 Å². The SMILES string of the molecule is CC(C)c1ccc(-c2ccsc2CN)c(C(C)C)c1. The Balaban J connectivity index is 2.57. The number of thiophene rings is 1. The van der Waals surface area contributed by atoms with Crippen LogP contribution in [0.5, 0.6) is 0 Å². The van der Waals surface area contributed by atoms with Crippen molar-refractivity contribution in [1.29, 1.82) is 0 Å². The Morgan fingerprint density at radius 3 is 2.32 bits per heavy atom. The van der Waals surface area contributed by atoms with Gasteiger partial charge in [-0.3, -0.25) is 0 Å². The van der Waals surface area contributed by atoms with E-state index in [1.54, 1.807) is 11.3 Å². The third-order valence-corrected chi connectivity index (χ3v) is 4.53. The highest BCUT2D eigenvalue weighted by Crippen LogP contribution is 2.35. The van der Waals surface area contributed by atoms with Gasteiger partial charge < -0.3 is 5.73 Å². The largest absolute Gasteiger partial charge is 0.326 e. The van der Waals surface area contributed by atoms with Crippen molar-refractivity contribution >= 4 is 11.3 Å². The van der Waals surface area contributed by atoms with Crippen LogP contribution >= 0.6 is 11.3 Å². The van der Waals surface area contributed by atoms with Crippen LogP contribution in [0.3, 0.4) is 0 Å². The van der Waals surface area contributed by atoms with Crippen LogP contribution in [0.4, 0.5) is 0 Å². The van der Waals surface area contributed by atoms with Crippen molar-refractivity contribution in [2.24, 2.45) is 5.73 Å². The van der Waals surface area contributed by atoms with Gasteiger partial charge in [0.15, 0.2) is 0 Å². The molecule has 2 rings (SSSR count). The van der Waals surface area contributed by atoms with Gasteiger partial charge in [0, 0.05) is 11.4 Å². The quantitative estimate of drug-likeness (QED) is 0.822. The molecule has 2 aromatic rings. The molecule has 0 unspecified atom stereocenters. The molecule has 0 saturated heterocycles. The van der Waals surface area contributed by atoms with E-state index >= 15 is 0 Å². The summed E-state index contributed by atoms with van der Waals surface area (Å²) in [4.78, 5) is 1.28. The van der Waals surface area contributed by atoms with Crippen LogP contribution in [0.1, 0.15) is 55.5 Å². The van der Waals surface area contributed by atoms with Gasteiger partial charge in [-0.15, -0.1) is 11.3 Å². The molecule has 1 heterocycles. The highest BCUT2D eigenvalue weighted by atomic mass is 32.1. The number of benzene rings is 1. The molecule has 0 aliphatic heterocycles. The summed E-state index contributed by atoms with van der Waals surface area (Å²) in [6.45, 7) is 9.63. The minimum atomic E-state index is 0.527. The Bertz CT molecular complexity index is 552. The smallest absolute Gasteiger partial charge is 0.0280 e. The second kappa shape index (κ2) is 5.89. The van der Waals surface area contributed by atoms with E-state index in [0.29, 0.717) is 18.4 Å². The molecular formula is C17H23NS. The molecule has 0 aliphatic carbocycles. The Kier molecular flexibility index (Phi) is 4.43. The van der Waals surface area contributed by atoms with Crippen LogP contribution in [0.25, 0.3) is 11.1 Å². The maximum absolute atomic E-state index is 5.85. The Morgan fingerprint density at radius 1 is 1.00 bits per heavy atom. The van der Waals surface area contributed by atoms with Crippen LogP contribution < -0.4 is 5.73 Å². The van der Waals surface area contributed by atoms with E-state index in [2.05, 4.69) is 57.3 Å². The number of hydrogen-bond donors (Lipinski definition) is 1. The van der Waals surface area contributed by atoms with Crippen LogP contribution in [0.15, 0.2) is 29.6 Å². The van der Waals surface area contributed by atoms with Gasteiger partial charge in [0.05, 0.1) is 0 Å². The van der Waals surface area contributed by atoms with E-state index < -0.39 is 0 Å². The summed E-state index contributed by atoms with van der Waals surface area (Å²) in [5, 5.41) is 2.14. The molecule has 1 aromatic heterocycles. The number of rotatable bonds is 4. The lowest BCUT2D eigenvalue weighted by Crippen LogP contribution is -1.99. The standard InChI is InChI=1S/C17H23NS/c1-11(2)13-5-6-14(16(9-13)12(3)4)15-7-8-19-17(15)10-18/h5-9,11-12H,10,18H2,1-4H3. The maximum atomic E-state index is 5.85. The summed E-state index contributed by atoms with van der Waals surface area (Å²) in [5.74, 6) is 1.10. The lowest BCUT2D eigenvalue weighted by atomic mass is 9.89. The molecular weight excluding hydrogens is 250 g/mol. The average Bonchev–Trinajstić information content (AvgIpc) is 2.85. The summed E-state index contributed by atoms with van der Waals surface area (Å²) in [7, 11) is 0. The van der Waals surface area contributed by atoms with Gasteiger partial charge in [0.1, 0.15) is 0 Å². The van der Waals surface area contributed by atoms with Gasteiger partial charge in [-0.05, 0) is 45.5 Å². The van der Waals surface area contributed by atoms with Gasteiger partial charge in [0.2, 0.25) is 0 Å². The molecule has 2 N–H and O–H groups in total. The summed E-state index contributed by atoms with van der Waals surface area (Å²) in [6.07, 6.45) is 0. The molecule has 0 fully saturated rings. The Labute approximate surface area is 120 Å². The third kappa shape index (κ3) is 2.90. The highest BCUT2D eigenvalue weighted by molar-refractivity contribution is 7.10. The number of nitrogens with two attached hydrogens (primary N) is 1. The normalized spacial score (nSPS) is 11.5. The van der Waals surface area contributed by atoms with Gasteiger partial charge in [0.25, 0.3) is 0 Å². The number of hydrogen-bond acceptors (Lipinski definition) is 2. The first-order chi connectivity index (χ1) is 9.04. The minimum absolute atomic E-state index is 0.527. The predicted molar refractivity (Wildman–Crippen MR) is 85.8 cm³/mol. The minimum Gasteiger partial charge on any atom is -0.326 e. The third-order valence-electron chi connectivity index (χ3n) is 3.59. The fourth-order valence-corrected chi connectivity index (χ4v) is 3.17. The summed E-state index contributed by atoms with van der Waals surface area (Å²) >= 11 is 1.75. The fourth-order valence-electron chi connectivity index (χ4n) is 2.40. The first-order valence-corrected chi connectivity index (χ1v) is 7.83. The molecule has 0 atom stereocenters. The highest BCUT2D eigenvalue weighted by Gasteiger charge is 2.14. The second-order valence-electron chi connectivity index (χ2n) is 5.62. The molecule has 0 radical (unpaired) electrons. The van der Waals surface area contributed by atoms with Gasteiger partial charge >= 0.3 is 0 Å². The molecule has 19 heavy (non-hydrogen) atoms. The molecule has 2 heteroatoms. The van der Waals surface area contributed by atoms with Gasteiger partial charge in [-0.2, -0.15) is 0 Å². The van der Waals surface area contributed by atoms with Crippen LogP contribution in [0.2, 0.25) is 0 Å². The molecule has 0 spiro atoms. The van der Waals surface area contributed by atoms with Crippen molar-refractivity contribution in [2.45, 2.75) is 46.1 Å². The molecule has 1 aromatic carbocycles. The zero-order valence-electron chi connectivity index (χ0n) is 12.2. The zero-order chi connectivity index (χ0) is 14.0. The lowest BCUT2D eigenvalue weighted by molar-refractivity contribution is 0.835. The van der Waals surface area contributed by atoms with Gasteiger partial charge in [-0.25, -0.2) is 0 Å². The molecule has 0 bridgehead atoms. The molecule has 0 aliphatic rings. The van der Waals surface area contributed by atoms with E-state index in [-0.39, 0.29) is 0 Å². The lowest BCUT2D eigenvalue weighted by Gasteiger charge is -2.16. The zero-order valence-corrected chi connectivity index (χ0v) is 13.1. The van der Waals surface area contributed by atoms with Crippen molar-refractivity contribution in [3.63, 3.8) is 0 Å². The van der Waals surface area contributed by atoms with Crippen LogP contribution in [-0.4, -0.2) is 0 Å². The van der Waals surface area contributed by atoms with E-state index in [4.69, 9.17) is 5.73 Å². The van der Waals surface area contributed by atoms with Crippen molar-refractivity contribution < 1.29 is 0 Å². The van der Waals surface area contributed by atoms with E-state index in [9.17, 15) is 0 Å². The van der Waals surface area contributed by atoms with Crippen molar-refractivity contribution in [2.75, 3.05) is 0 Å². The summed E-state index contributed by atoms with van der Waals surface area (Å²) in [5.41, 5.74) is 11.4. The Morgan fingerprint density at radius 2 is 1.74 bits per heavy atom. The molecule has 0 saturated carbocycles. The summed E-state index contributed by atoms with van der Waals surface area (Å²) in [6, 6.07) is 9.08. The predicted octanol–water partition coefficient (Wildman–Crippen LogP) is 5.12. The monoisotopic (exact) mass is 273 g/mol. The van der Waals surface area contributed by atoms with E-state index in [1.807, 2.05) is 0 Å². The first-order valence-electron chi connectivity index (χ1n) is 6.95. The van der Waals surface area contributed by atoms with E-state index in [1.165, 1.54) is 27.1 Å². The van der Waals surface area contributed by atoms with E-state index in [0.717, 1.165) is 0 Å². The second-order valence-corrected chi connectivity index (χ2v) is 6.62.